The number of furan rings is 1. The van der Waals surface area contributed by atoms with Crippen molar-refractivity contribution < 1.29 is 9.21 Å². The highest BCUT2D eigenvalue weighted by Gasteiger charge is 2.30. The molecule has 1 aromatic carbocycles. The van der Waals surface area contributed by atoms with Crippen LogP contribution in [0.1, 0.15) is 47.9 Å². The Morgan fingerprint density at radius 2 is 2.00 bits per heavy atom. The van der Waals surface area contributed by atoms with E-state index in [1.807, 2.05) is 36.1 Å². The summed E-state index contributed by atoms with van der Waals surface area (Å²) in [6.07, 6.45) is 5.91. The zero-order valence-electron chi connectivity index (χ0n) is 15.1. The Hall–Kier alpha value is -2.60. The van der Waals surface area contributed by atoms with E-state index in [0.29, 0.717) is 17.4 Å². The summed E-state index contributed by atoms with van der Waals surface area (Å²) in [6, 6.07) is 11.2. The molecule has 27 heavy (non-hydrogen) atoms. The van der Waals surface area contributed by atoms with Crippen LogP contribution in [0, 0.1) is 6.92 Å². The monoisotopic (exact) mass is 384 g/mol. The van der Waals surface area contributed by atoms with Crippen molar-refractivity contribution in [3.63, 3.8) is 0 Å². The van der Waals surface area contributed by atoms with Gasteiger partial charge in [-0.25, -0.2) is 9.67 Å². The Balaban J connectivity index is 1.62. The van der Waals surface area contributed by atoms with Crippen molar-refractivity contribution in [3.05, 3.63) is 65.1 Å². The number of hydrogen-bond donors (Lipinski definition) is 0. The van der Waals surface area contributed by atoms with Crippen LogP contribution in [0.3, 0.4) is 0 Å². The fourth-order valence-electron chi connectivity index (χ4n) is 3.59. The molecule has 3 aromatic rings. The molecule has 0 bridgehead atoms. The minimum Gasteiger partial charge on any atom is -0.467 e. The fourth-order valence-corrected chi connectivity index (χ4v) is 3.72. The molecule has 4 rings (SSSR count). The second-order valence-corrected chi connectivity index (χ2v) is 7.26. The maximum Gasteiger partial charge on any atom is 0.294 e. The number of benzene rings is 1. The van der Waals surface area contributed by atoms with Crippen LogP contribution in [0.15, 0.2) is 47.1 Å². The lowest BCUT2D eigenvalue weighted by atomic mass is 10.2. The van der Waals surface area contributed by atoms with Crippen LogP contribution in [-0.4, -0.2) is 31.6 Å². The number of amides is 1. The van der Waals surface area contributed by atoms with Gasteiger partial charge in [-0.05, 0) is 56.2 Å². The molecule has 0 atom stereocenters. The Bertz CT molecular complexity index is 912. The second kappa shape index (κ2) is 7.56. The van der Waals surface area contributed by atoms with E-state index in [9.17, 15) is 4.79 Å². The van der Waals surface area contributed by atoms with Gasteiger partial charge in [-0.3, -0.25) is 4.79 Å². The summed E-state index contributed by atoms with van der Waals surface area (Å²) in [5, 5.41) is 5.12. The van der Waals surface area contributed by atoms with Crippen molar-refractivity contribution in [1.29, 1.82) is 0 Å². The molecule has 0 unspecified atom stereocenters. The molecule has 1 aliphatic carbocycles. The molecule has 1 amide bonds. The number of halogens is 1. The third kappa shape index (κ3) is 3.76. The lowest BCUT2D eigenvalue weighted by Gasteiger charge is -2.27. The van der Waals surface area contributed by atoms with E-state index in [0.717, 1.165) is 37.1 Å². The Morgan fingerprint density at radius 1 is 1.26 bits per heavy atom. The predicted octanol–water partition coefficient (Wildman–Crippen LogP) is 4.41. The van der Waals surface area contributed by atoms with E-state index in [2.05, 4.69) is 10.1 Å². The highest BCUT2D eigenvalue weighted by Crippen LogP contribution is 2.26. The summed E-state index contributed by atoms with van der Waals surface area (Å²) in [4.78, 5) is 19.5. The minimum absolute atomic E-state index is 0.158. The van der Waals surface area contributed by atoms with Crippen LogP contribution in [0.2, 0.25) is 5.02 Å². The maximum atomic E-state index is 13.2. The average Bonchev–Trinajstić information content (AvgIpc) is 3.42. The first kappa shape index (κ1) is 17.8. The molecule has 1 aliphatic rings. The summed E-state index contributed by atoms with van der Waals surface area (Å²) in [5.74, 6) is 1.48. The van der Waals surface area contributed by atoms with E-state index in [1.54, 1.807) is 23.1 Å². The van der Waals surface area contributed by atoms with Crippen LogP contribution in [0.4, 0.5) is 0 Å². The molecule has 1 fully saturated rings. The van der Waals surface area contributed by atoms with Gasteiger partial charge in [-0.15, -0.1) is 5.10 Å². The van der Waals surface area contributed by atoms with Gasteiger partial charge in [-0.2, -0.15) is 0 Å². The van der Waals surface area contributed by atoms with E-state index in [4.69, 9.17) is 16.0 Å². The first-order chi connectivity index (χ1) is 13.1. The number of nitrogens with zero attached hydrogens (tertiary/aromatic N) is 4. The van der Waals surface area contributed by atoms with Crippen LogP contribution >= 0.6 is 11.6 Å². The standard InChI is InChI=1S/C20H21ClN4O2/c1-14-22-19(23-25(14)17-10-8-15(21)9-11-17)20(26)24(16-5-2-3-6-16)13-18-7-4-12-27-18/h4,7-12,16H,2-3,5-6,13H2,1H3. The summed E-state index contributed by atoms with van der Waals surface area (Å²) in [6.45, 7) is 2.27. The van der Waals surface area contributed by atoms with E-state index < -0.39 is 0 Å². The lowest BCUT2D eigenvalue weighted by molar-refractivity contribution is 0.0636. The topological polar surface area (TPSA) is 64.2 Å². The molecule has 0 radical (unpaired) electrons. The predicted molar refractivity (Wildman–Crippen MR) is 102 cm³/mol. The number of hydrogen-bond acceptors (Lipinski definition) is 4. The summed E-state index contributed by atoms with van der Waals surface area (Å²) in [7, 11) is 0. The number of carbonyl (C=O) groups is 1. The summed E-state index contributed by atoms with van der Waals surface area (Å²) >= 11 is 5.96. The van der Waals surface area contributed by atoms with Gasteiger partial charge in [0.05, 0.1) is 18.5 Å². The third-order valence-corrected chi connectivity index (χ3v) is 5.22. The molecule has 0 N–H and O–H groups in total. The molecule has 0 aliphatic heterocycles. The average molecular weight is 385 g/mol. The Morgan fingerprint density at radius 3 is 2.67 bits per heavy atom. The van der Waals surface area contributed by atoms with Crippen molar-refractivity contribution >= 4 is 17.5 Å². The van der Waals surface area contributed by atoms with Gasteiger partial charge in [-0.1, -0.05) is 24.4 Å². The van der Waals surface area contributed by atoms with Gasteiger partial charge in [0.1, 0.15) is 11.6 Å². The molecular formula is C20H21ClN4O2. The highest BCUT2D eigenvalue weighted by molar-refractivity contribution is 6.30. The summed E-state index contributed by atoms with van der Waals surface area (Å²) in [5.41, 5.74) is 0.821. The molecule has 6 nitrogen and oxygen atoms in total. The van der Waals surface area contributed by atoms with Crippen molar-refractivity contribution in [3.8, 4) is 5.69 Å². The second-order valence-electron chi connectivity index (χ2n) is 6.82. The van der Waals surface area contributed by atoms with Gasteiger partial charge in [0.2, 0.25) is 5.82 Å². The lowest BCUT2D eigenvalue weighted by Crippen LogP contribution is -2.38. The SMILES string of the molecule is Cc1nc(C(=O)N(Cc2ccco2)C2CCCC2)nn1-c1ccc(Cl)cc1. The smallest absolute Gasteiger partial charge is 0.294 e. The van der Waals surface area contributed by atoms with E-state index in [1.165, 1.54) is 0 Å². The number of rotatable bonds is 5. The molecule has 140 valence electrons. The van der Waals surface area contributed by atoms with Crippen molar-refractivity contribution in [2.75, 3.05) is 0 Å². The Labute approximate surface area is 162 Å². The highest BCUT2D eigenvalue weighted by atomic mass is 35.5. The fraction of sp³-hybridized carbons (Fsp3) is 0.350. The minimum atomic E-state index is -0.158. The third-order valence-electron chi connectivity index (χ3n) is 4.96. The van der Waals surface area contributed by atoms with Crippen LogP contribution in [0.25, 0.3) is 5.69 Å². The van der Waals surface area contributed by atoms with Gasteiger partial charge in [0, 0.05) is 11.1 Å². The van der Waals surface area contributed by atoms with Crippen LogP contribution < -0.4 is 0 Å². The van der Waals surface area contributed by atoms with Crippen LogP contribution in [0.5, 0.6) is 0 Å². The number of aromatic nitrogens is 3. The molecule has 2 aromatic heterocycles. The van der Waals surface area contributed by atoms with Gasteiger partial charge >= 0.3 is 0 Å². The quantitative estimate of drug-likeness (QED) is 0.653. The van der Waals surface area contributed by atoms with E-state index >= 15 is 0 Å². The number of aryl methyl sites for hydroxylation is 1. The largest absolute Gasteiger partial charge is 0.467 e. The molecule has 2 heterocycles. The summed E-state index contributed by atoms with van der Waals surface area (Å²) < 4.78 is 7.14. The first-order valence-corrected chi connectivity index (χ1v) is 9.52. The number of carbonyl (C=O) groups excluding carboxylic acids is 1. The maximum absolute atomic E-state index is 13.2. The molecule has 1 saturated carbocycles. The normalized spacial score (nSPS) is 14.6. The Kier molecular flexibility index (Phi) is 4.99. The van der Waals surface area contributed by atoms with Gasteiger partial charge < -0.3 is 9.32 Å². The van der Waals surface area contributed by atoms with Crippen LogP contribution in [-0.2, 0) is 6.54 Å². The van der Waals surface area contributed by atoms with Gasteiger partial charge in [0.15, 0.2) is 0 Å². The zero-order chi connectivity index (χ0) is 18.8. The van der Waals surface area contributed by atoms with Crippen molar-refractivity contribution in [1.82, 2.24) is 19.7 Å². The van der Waals surface area contributed by atoms with Crippen molar-refractivity contribution in [2.24, 2.45) is 0 Å². The molecule has 0 spiro atoms. The van der Waals surface area contributed by atoms with E-state index in [-0.39, 0.29) is 17.8 Å². The molecule has 0 saturated heterocycles. The molecule has 7 heteroatoms. The van der Waals surface area contributed by atoms with Gasteiger partial charge in [0.25, 0.3) is 5.91 Å². The first-order valence-electron chi connectivity index (χ1n) is 9.15. The van der Waals surface area contributed by atoms with Crippen molar-refractivity contribution in [2.45, 2.75) is 45.2 Å². The zero-order valence-corrected chi connectivity index (χ0v) is 15.9. The molecular weight excluding hydrogens is 364 g/mol.